The molecule has 0 aliphatic carbocycles. The minimum atomic E-state index is -0.463. The van der Waals surface area contributed by atoms with Crippen LogP contribution >= 0.6 is 0 Å². The standard InChI is InChI=1S/C15H17NO/c1-10-4-6-13(7-5-10)15-9-8-14(12(3)17)11(2)16-15/h4-9,12,17H,1-3H3. The topological polar surface area (TPSA) is 33.1 Å². The van der Waals surface area contributed by atoms with E-state index >= 15 is 0 Å². The highest BCUT2D eigenvalue weighted by Crippen LogP contribution is 2.22. The molecule has 2 heteroatoms. The smallest absolute Gasteiger partial charge is 0.0779 e. The zero-order valence-electron chi connectivity index (χ0n) is 10.4. The van der Waals surface area contributed by atoms with E-state index in [2.05, 4.69) is 36.2 Å². The number of nitrogens with zero attached hydrogens (tertiary/aromatic N) is 1. The van der Waals surface area contributed by atoms with Gasteiger partial charge in [0.1, 0.15) is 0 Å². The summed E-state index contributed by atoms with van der Waals surface area (Å²) in [5.74, 6) is 0. The fourth-order valence-electron chi connectivity index (χ4n) is 1.90. The Morgan fingerprint density at radius 1 is 1.00 bits per heavy atom. The second-order valence-electron chi connectivity index (χ2n) is 4.41. The summed E-state index contributed by atoms with van der Waals surface area (Å²) in [6.45, 7) is 5.76. The van der Waals surface area contributed by atoms with Crippen molar-refractivity contribution < 1.29 is 5.11 Å². The van der Waals surface area contributed by atoms with Crippen molar-refractivity contribution >= 4 is 0 Å². The van der Waals surface area contributed by atoms with Crippen LogP contribution in [0.25, 0.3) is 11.3 Å². The van der Waals surface area contributed by atoms with Gasteiger partial charge in [0, 0.05) is 16.8 Å². The minimum Gasteiger partial charge on any atom is -0.389 e. The van der Waals surface area contributed by atoms with Crippen LogP contribution in [0.5, 0.6) is 0 Å². The molecule has 0 radical (unpaired) electrons. The van der Waals surface area contributed by atoms with Crippen LogP contribution in [0.2, 0.25) is 0 Å². The van der Waals surface area contributed by atoms with E-state index < -0.39 is 6.10 Å². The van der Waals surface area contributed by atoms with Crippen molar-refractivity contribution in [3.8, 4) is 11.3 Å². The van der Waals surface area contributed by atoms with Gasteiger partial charge in [-0.2, -0.15) is 0 Å². The third-order valence-corrected chi connectivity index (χ3v) is 2.92. The number of hydrogen-bond donors (Lipinski definition) is 1. The van der Waals surface area contributed by atoms with E-state index in [0.29, 0.717) is 0 Å². The lowest BCUT2D eigenvalue weighted by Gasteiger charge is -2.10. The van der Waals surface area contributed by atoms with Gasteiger partial charge in [0.2, 0.25) is 0 Å². The second kappa shape index (κ2) is 4.68. The number of aromatic nitrogens is 1. The third-order valence-electron chi connectivity index (χ3n) is 2.92. The molecule has 2 rings (SSSR count). The van der Waals surface area contributed by atoms with Crippen molar-refractivity contribution in [2.24, 2.45) is 0 Å². The van der Waals surface area contributed by atoms with E-state index in [9.17, 15) is 5.11 Å². The van der Waals surface area contributed by atoms with E-state index in [1.54, 1.807) is 6.92 Å². The molecule has 1 N–H and O–H groups in total. The maximum atomic E-state index is 9.56. The van der Waals surface area contributed by atoms with Crippen molar-refractivity contribution in [3.05, 3.63) is 53.2 Å². The Morgan fingerprint density at radius 2 is 1.65 bits per heavy atom. The Bertz CT molecular complexity index is 515. The normalized spacial score (nSPS) is 12.5. The Hall–Kier alpha value is -1.67. The van der Waals surface area contributed by atoms with Crippen LogP contribution in [0.15, 0.2) is 36.4 Å². The molecule has 2 nitrogen and oxygen atoms in total. The number of rotatable bonds is 2. The Morgan fingerprint density at radius 3 is 2.18 bits per heavy atom. The monoisotopic (exact) mass is 227 g/mol. The summed E-state index contributed by atoms with van der Waals surface area (Å²) < 4.78 is 0. The molecular formula is C15H17NO. The van der Waals surface area contributed by atoms with Gasteiger partial charge in [-0.3, -0.25) is 4.98 Å². The predicted molar refractivity (Wildman–Crippen MR) is 69.8 cm³/mol. The maximum absolute atomic E-state index is 9.56. The molecule has 1 aromatic carbocycles. The number of pyridine rings is 1. The van der Waals surface area contributed by atoms with Crippen molar-refractivity contribution in [3.63, 3.8) is 0 Å². The Kier molecular flexibility index (Phi) is 3.25. The first-order valence-corrected chi connectivity index (χ1v) is 5.80. The average Bonchev–Trinajstić information content (AvgIpc) is 2.29. The van der Waals surface area contributed by atoms with Gasteiger partial charge in [0.05, 0.1) is 11.8 Å². The molecule has 1 atom stereocenters. The van der Waals surface area contributed by atoms with Crippen molar-refractivity contribution in [1.82, 2.24) is 4.98 Å². The van der Waals surface area contributed by atoms with Gasteiger partial charge in [-0.1, -0.05) is 35.9 Å². The molecule has 0 fully saturated rings. The van der Waals surface area contributed by atoms with Gasteiger partial charge in [0.15, 0.2) is 0 Å². The number of aliphatic hydroxyl groups excluding tert-OH is 1. The van der Waals surface area contributed by atoms with E-state index in [0.717, 1.165) is 22.5 Å². The SMILES string of the molecule is Cc1ccc(-c2ccc(C(C)O)c(C)n2)cc1. The summed E-state index contributed by atoms with van der Waals surface area (Å²) >= 11 is 0. The average molecular weight is 227 g/mol. The fraction of sp³-hybridized carbons (Fsp3) is 0.267. The molecule has 0 amide bonds. The lowest BCUT2D eigenvalue weighted by atomic mass is 10.1. The highest BCUT2D eigenvalue weighted by molar-refractivity contribution is 5.60. The van der Waals surface area contributed by atoms with Gasteiger partial charge >= 0.3 is 0 Å². The van der Waals surface area contributed by atoms with Gasteiger partial charge < -0.3 is 5.11 Å². The third kappa shape index (κ3) is 2.53. The molecule has 88 valence electrons. The molecule has 0 saturated carbocycles. The zero-order valence-corrected chi connectivity index (χ0v) is 10.4. The van der Waals surface area contributed by atoms with Crippen LogP contribution in [0, 0.1) is 13.8 Å². The lowest BCUT2D eigenvalue weighted by molar-refractivity contribution is 0.198. The Balaban J connectivity index is 2.41. The molecule has 0 aliphatic heterocycles. The summed E-state index contributed by atoms with van der Waals surface area (Å²) in [7, 11) is 0. The summed E-state index contributed by atoms with van der Waals surface area (Å²) in [4.78, 5) is 4.53. The summed E-state index contributed by atoms with van der Waals surface area (Å²) in [6.07, 6.45) is -0.463. The van der Waals surface area contributed by atoms with Gasteiger partial charge in [-0.15, -0.1) is 0 Å². The molecular weight excluding hydrogens is 210 g/mol. The van der Waals surface area contributed by atoms with Crippen molar-refractivity contribution in [2.75, 3.05) is 0 Å². The Labute approximate surface area is 102 Å². The maximum Gasteiger partial charge on any atom is 0.0779 e. The van der Waals surface area contributed by atoms with Crippen LogP contribution in [-0.4, -0.2) is 10.1 Å². The zero-order chi connectivity index (χ0) is 12.4. The number of benzene rings is 1. The first-order chi connectivity index (χ1) is 8.08. The van der Waals surface area contributed by atoms with E-state index in [1.165, 1.54) is 5.56 Å². The molecule has 17 heavy (non-hydrogen) atoms. The molecule has 2 aromatic rings. The predicted octanol–water partition coefficient (Wildman–Crippen LogP) is 3.42. The number of hydrogen-bond acceptors (Lipinski definition) is 2. The van der Waals surface area contributed by atoms with Crippen molar-refractivity contribution in [2.45, 2.75) is 26.9 Å². The van der Waals surface area contributed by atoms with Gasteiger partial charge in [-0.05, 0) is 26.8 Å². The molecule has 0 aliphatic rings. The van der Waals surface area contributed by atoms with Crippen LogP contribution in [0.1, 0.15) is 29.8 Å². The molecule has 1 heterocycles. The lowest BCUT2D eigenvalue weighted by Crippen LogP contribution is -1.98. The first kappa shape index (κ1) is 11.8. The largest absolute Gasteiger partial charge is 0.389 e. The second-order valence-corrected chi connectivity index (χ2v) is 4.41. The minimum absolute atomic E-state index is 0.463. The molecule has 0 saturated heterocycles. The summed E-state index contributed by atoms with van der Waals surface area (Å²) in [5.41, 5.74) is 5.08. The van der Waals surface area contributed by atoms with Crippen LogP contribution in [0.3, 0.4) is 0 Å². The van der Waals surface area contributed by atoms with Crippen LogP contribution in [-0.2, 0) is 0 Å². The van der Waals surface area contributed by atoms with Crippen molar-refractivity contribution in [1.29, 1.82) is 0 Å². The van der Waals surface area contributed by atoms with E-state index in [1.807, 2.05) is 19.1 Å². The van der Waals surface area contributed by atoms with E-state index in [-0.39, 0.29) is 0 Å². The number of aliphatic hydroxyl groups is 1. The van der Waals surface area contributed by atoms with Crippen LogP contribution < -0.4 is 0 Å². The molecule has 0 bridgehead atoms. The molecule has 1 aromatic heterocycles. The summed E-state index contributed by atoms with van der Waals surface area (Å²) in [5, 5.41) is 9.56. The number of aryl methyl sites for hydroxylation is 2. The quantitative estimate of drug-likeness (QED) is 0.852. The van der Waals surface area contributed by atoms with Crippen LogP contribution in [0.4, 0.5) is 0 Å². The van der Waals surface area contributed by atoms with Gasteiger partial charge in [0.25, 0.3) is 0 Å². The molecule has 0 spiro atoms. The highest BCUT2D eigenvalue weighted by atomic mass is 16.3. The fourth-order valence-corrected chi connectivity index (χ4v) is 1.90. The first-order valence-electron chi connectivity index (χ1n) is 5.80. The highest BCUT2D eigenvalue weighted by Gasteiger charge is 2.07. The summed E-state index contributed by atoms with van der Waals surface area (Å²) in [6, 6.07) is 12.2. The molecule has 1 unspecified atom stereocenters. The van der Waals surface area contributed by atoms with Gasteiger partial charge in [-0.25, -0.2) is 0 Å². The van der Waals surface area contributed by atoms with E-state index in [4.69, 9.17) is 0 Å².